The first kappa shape index (κ1) is 12.0. The largest absolute Gasteiger partial charge is 0.480 e. The minimum atomic E-state index is -1.34. The van der Waals surface area contributed by atoms with Crippen molar-refractivity contribution in [1.29, 1.82) is 0 Å². The van der Waals surface area contributed by atoms with Crippen LogP contribution in [0.5, 0.6) is 0 Å². The average Bonchev–Trinajstić information content (AvgIpc) is 2.71. The Labute approximate surface area is 102 Å². The summed E-state index contributed by atoms with van der Waals surface area (Å²) in [5.74, 6) is -1.60. The van der Waals surface area contributed by atoms with Gasteiger partial charge in [-0.1, -0.05) is 0 Å². The first-order valence-corrected chi connectivity index (χ1v) is 5.25. The molecule has 0 bridgehead atoms. The zero-order valence-corrected chi connectivity index (χ0v) is 9.91. The Kier molecular flexibility index (Phi) is 2.74. The van der Waals surface area contributed by atoms with Gasteiger partial charge in [-0.05, 0) is 13.8 Å². The van der Waals surface area contributed by atoms with Crippen molar-refractivity contribution in [2.24, 2.45) is 0 Å². The van der Waals surface area contributed by atoms with Crippen LogP contribution >= 0.6 is 0 Å². The molecule has 18 heavy (non-hydrogen) atoms. The number of aliphatic carboxylic acids is 1. The van der Waals surface area contributed by atoms with E-state index < -0.39 is 17.4 Å². The van der Waals surface area contributed by atoms with Gasteiger partial charge in [0.05, 0.1) is 23.5 Å². The van der Waals surface area contributed by atoms with E-state index >= 15 is 0 Å². The second kappa shape index (κ2) is 4.10. The van der Waals surface area contributed by atoms with Crippen LogP contribution in [0.25, 0.3) is 5.52 Å². The van der Waals surface area contributed by atoms with Crippen molar-refractivity contribution in [2.75, 3.05) is 0 Å². The van der Waals surface area contributed by atoms with E-state index in [4.69, 9.17) is 5.11 Å². The predicted molar refractivity (Wildman–Crippen MR) is 62.2 cm³/mol. The number of rotatable bonds is 3. The molecular formula is C11H12N4O3. The van der Waals surface area contributed by atoms with Gasteiger partial charge in [0.15, 0.2) is 0 Å². The summed E-state index contributed by atoms with van der Waals surface area (Å²) in [6.45, 7) is 2.83. The van der Waals surface area contributed by atoms with E-state index in [1.807, 2.05) is 0 Å². The Hall–Kier alpha value is -2.44. The van der Waals surface area contributed by atoms with E-state index in [2.05, 4.69) is 15.4 Å². The maximum Gasteiger partial charge on any atom is 0.328 e. The number of aromatic nitrogens is 3. The number of carboxylic acids is 1. The fraction of sp³-hybridized carbons (Fsp3) is 0.273. The predicted octanol–water partition coefficient (Wildman–Crippen LogP) is 0.322. The highest BCUT2D eigenvalue weighted by atomic mass is 16.4. The molecule has 0 aromatic carbocycles. The van der Waals surface area contributed by atoms with Crippen molar-refractivity contribution in [3.63, 3.8) is 0 Å². The third kappa shape index (κ3) is 2.02. The minimum Gasteiger partial charge on any atom is -0.480 e. The van der Waals surface area contributed by atoms with Crippen LogP contribution in [0.3, 0.4) is 0 Å². The fourth-order valence-electron chi connectivity index (χ4n) is 1.41. The summed E-state index contributed by atoms with van der Waals surface area (Å²) in [5.41, 5.74) is -0.526. The normalized spacial score (nSPS) is 11.4. The molecule has 2 aromatic rings. The van der Waals surface area contributed by atoms with Crippen LogP contribution in [0.1, 0.15) is 24.2 Å². The number of nitrogens with zero attached hydrogens (tertiary/aromatic N) is 3. The lowest BCUT2D eigenvalue weighted by atomic mass is 10.1. The number of fused-ring (bicyclic) bond motifs is 1. The molecule has 0 aliphatic carbocycles. The summed E-state index contributed by atoms with van der Waals surface area (Å²) in [6, 6.07) is 0. The molecule has 0 atom stereocenters. The molecule has 1 amide bonds. The summed E-state index contributed by atoms with van der Waals surface area (Å²) in [6.07, 6.45) is 6.03. The van der Waals surface area contributed by atoms with Crippen LogP contribution < -0.4 is 5.32 Å². The molecule has 0 unspecified atom stereocenters. The van der Waals surface area contributed by atoms with E-state index in [1.54, 1.807) is 12.4 Å². The van der Waals surface area contributed by atoms with Crippen LogP contribution in [0.2, 0.25) is 0 Å². The Balaban J connectivity index is 2.32. The minimum absolute atomic E-state index is 0.289. The van der Waals surface area contributed by atoms with Crippen molar-refractivity contribution in [2.45, 2.75) is 19.4 Å². The second-order valence-corrected chi connectivity index (χ2v) is 4.35. The molecule has 2 aromatic heterocycles. The van der Waals surface area contributed by atoms with Gasteiger partial charge in [0.1, 0.15) is 5.54 Å². The lowest BCUT2D eigenvalue weighted by Crippen LogP contribution is -2.49. The SMILES string of the molecule is CC(C)(NC(=O)c1cnn2ccncc12)C(=O)O. The highest BCUT2D eigenvalue weighted by molar-refractivity contribution is 6.02. The molecule has 0 fully saturated rings. The summed E-state index contributed by atoms with van der Waals surface area (Å²) >= 11 is 0. The third-order valence-corrected chi connectivity index (χ3v) is 2.53. The summed E-state index contributed by atoms with van der Waals surface area (Å²) < 4.78 is 1.50. The first-order chi connectivity index (χ1) is 8.42. The standard InChI is InChI=1S/C11H12N4O3/c1-11(2,10(17)18)14-9(16)7-5-13-15-4-3-12-6-8(7)15/h3-6H,1-2H3,(H,14,16)(H,17,18). The van der Waals surface area contributed by atoms with Gasteiger partial charge in [0.25, 0.3) is 5.91 Å². The molecule has 0 aliphatic rings. The zero-order valence-electron chi connectivity index (χ0n) is 9.91. The number of nitrogens with one attached hydrogen (secondary N) is 1. The lowest BCUT2D eigenvalue weighted by molar-refractivity contribution is -0.143. The Morgan fingerprint density at radius 1 is 1.39 bits per heavy atom. The van der Waals surface area contributed by atoms with Crippen LogP contribution in [0.4, 0.5) is 0 Å². The quantitative estimate of drug-likeness (QED) is 0.815. The Morgan fingerprint density at radius 2 is 2.11 bits per heavy atom. The average molecular weight is 248 g/mol. The van der Waals surface area contributed by atoms with Gasteiger partial charge in [-0.2, -0.15) is 5.10 Å². The monoisotopic (exact) mass is 248 g/mol. The molecular weight excluding hydrogens is 236 g/mol. The summed E-state index contributed by atoms with van der Waals surface area (Å²) in [5, 5.41) is 15.4. The van der Waals surface area contributed by atoms with E-state index in [9.17, 15) is 9.59 Å². The number of amides is 1. The summed E-state index contributed by atoms with van der Waals surface area (Å²) in [4.78, 5) is 26.8. The van der Waals surface area contributed by atoms with Gasteiger partial charge in [-0.15, -0.1) is 0 Å². The smallest absolute Gasteiger partial charge is 0.328 e. The first-order valence-electron chi connectivity index (χ1n) is 5.25. The Morgan fingerprint density at radius 3 is 2.78 bits per heavy atom. The molecule has 94 valence electrons. The van der Waals surface area contributed by atoms with Crippen molar-refractivity contribution in [3.05, 3.63) is 30.4 Å². The summed E-state index contributed by atoms with van der Waals surface area (Å²) in [7, 11) is 0. The maximum absolute atomic E-state index is 12.0. The van der Waals surface area contributed by atoms with Gasteiger partial charge in [0.2, 0.25) is 0 Å². The van der Waals surface area contributed by atoms with Crippen molar-refractivity contribution < 1.29 is 14.7 Å². The van der Waals surface area contributed by atoms with E-state index in [-0.39, 0.29) is 5.56 Å². The van der Waals surface area contributed by atoms with Crippen LogP contribution in [0.15, 0.2) is 24.8 Å². The van der Waals surface area contributed by atoms with Gasteiger partial charge in [-0.25, -0.2) is 9.31 Å². The van der Waals surface area contributed by atoms with Gasteiger partial charge < -0.3 is 10.4 Å². The number of hydrogen-bond donors (Lipinski definition) is 2. The molecule has 2 heterocycles. The molecule has 7 nitrogen and oxygen atoms in total. The van der Waals surface area contributed by atoms with Crippen molar-refractivity contribution in [3.8, 4) is 0 Å². The topological polar surface area (TPSA) is 96.6 Å². The molecule has 0 spiro atoms. The van der Waals surface area contributed by atoms with Gasteiger partial charge >= 0.3 is 5.97 Å². The molecule has 0 radical (unpaired) electrons. The molecule has 2 N–H and O–H groups in total. The highest BCUT2D eigenvalue weighted by Gasteiger charge is 2.30. The molecule has 7 heteroatoms. The van der Waals surface area contributed by atoms with Gasteiger partial charge in [0, 0.05) is 12.4 Å². The van der Waals surface area contributed by atoms with E-state index in [0.29, 0.717) is 5.52 Å². The molecule has 2 rings (SSSR count). The van der Waals surface area contributed by atoms with E-state index in [1.165, 1.54) is 30.8 Å². The van der Waals surface area contributed by atoms with Crippen LogP contribution in [0, 0.1) is 0 Å². The van der Waals surface area contributed by atoms with Crippen molar-refractivity contribution >= 4 is 17.4 Å². The second-order valence-electron chi connectivity index (χ2n) is 4.35. The number of carbonyl (C=O) groups is 2. The molecule has 0 saturated carbocycles. The van der Waals surface area contributed by atoms with Crippen LogP contribution in [-0.4, -0.2) is 37.1 Å². The van der Waals surface area contributed by atoms with Crippen molar-refractivity contribution in [1.82, 2.24) is 19.9 Å². The number of carbonyl (C=O) groups excluding carboxylic acids is 1. The highest BCUT2D eigenvalue weighted by Crippen LogP contribution is 2.11. The third-order valence-electron chi connectivity index (χ3n) is 2.53. The molecule has 0 saturated heterocycles. The zero-order chi connectivity index (χ0) is 13.3. The Bertz CT molecular complexity index is 618. The lowest BCUT2D eigenvalue weighted by Gasteiger charge is -2.20. The van der Waals surface area contributed by atoms with Crippen LogP contribution in [-0.2, 0) is 4.79 Å². The number of carboxylic acid groups (broad SMARTS) is 1. The fourth-order valence-corrected chi connectivity index (χ4v) is 1.41. The number of hydrogen-bond acceptors (Lipinski definition) is 4. The maximum atomic E-state index is 12.0. The molecule has 0 aliphatic heterocycles. The van der Waals surface area contributed by atoms with Gasteiger partial charge in [-0.3, -0.25) is 9.78 Å². The van der Waals surface area contributed by atoms with E-state index in [0.717, 1.165) is 0 Å².